The molecule has 4 nitrogen and oxygen atoms in total. The lowest BCUT2D eigenvalue weighted by Crippen LogP contribution is -2.53. The molecule has 1 saturated heterocycles. The van der Waals surface area contributed by atoms with Crippen molar-refractivity contribution in [3.05, 3.63) is 35.6 Å². The summed E-state index contributed by atoms with van der Waals surface area (Å²) in [5.41, 5.74) is 6.31. The van der Waals surface area contributed by atoms with Crippen LogP contribution in [0.1, 0.15) is 45.3 Å². The average Bonchev–Trinajstić information content (AvgIpc) is 2.57. The van der Waals surface area contributed by atoms with Crippen molar-refractivity contribution in [1.82, 2.24) is 4.90 Å². The summed E-state index contributed by atoms with van der Waals surface area (Å²) in [5, 5.41) is 0. The highest BCUT2D eigenvalue weighted by atomic mass is 19.1. The lowest BCUT2D eigenvalue weighted by molar-refractivity contribution is -0.155. The van der Waals surface area contributed by atoms with Crippen LogP contribution >= 0.6 is 0 Å². The fourth-order valence-corrected chi connectivity index (χ4v) is 3.24. The largest absolute Gasteiger partial charge is 0.367 e. The van der Waals surface area contributed by atoms with E-state index in [1.807, 2.05) is 25.7 Å². The van der Waals surface area contributed by atoms with Crippen LogP contribution in [0.3, 0.4) is 0 Å². The number of halogens is 1. The Labute approximate surface area is 137 Å². The number of rotatable bonds is 5. The van der Waals surface area contributed by atoms with Crippen LogP contribution in [0.15, 0.2) is 24.3 Å². The van der Waals surface area contributed by atoms with E-state index in [2.05, 4.69) is 0 Å². The van der Waals surface area contributed by atoms with Gasteiger partial charge in [-0.25, -0.2) is 4.39 Å². The molecule has 1 aliphatic heterocycles. The number of carbonyl (C=O) groups is 1. The third kappa shape index (κ3) is 3.72. The molecule has 0 saturated carbocycles. The molecule has 0 bridgehead atoms. The molecule has 2 rings (SSSR count). The molecule has 2 unspecified atom stereocenters. The first-order valence-electron chi connectivity index (χ1n) is 8.36. The minimum atomic E-state index is -0.496. The van der Waals surface area contributed by atoms with Crippen LogP contribution in [0.2, 0.25) is 0 Å². The smallest absolute Gasteiger partial charge is 0.230 e. The van der Waals surface area contributed by atoms with E-state index in [4.69, 9.17) is 10.5 Å². The van der Waals surface area contributed by atoms with Gasteiger partial charge in [-0.1, -0.05) is 26.0 Å². The highest BCUT2D eigenvalue weighted by molar-refractivity contribution is 5.83. The van der Waals surface area contributed by atoms with Crippen LogP contribution in [0.25, 0.3) is 0 Å². The van der Waals surface area contributed by atoms with Gasteiger partial charge in [0.1, 0.15) is 11.9 Å². The molecule has 1 amide bonds. The zero-order chi connectivity index (χ0) is 17.0. The first-order chi connectivity index (χ1) is 11.0. The predicted molar refractivity (Wildman–Crippen MR) is 88.3 cm³/mol. The first-order valence-corrected chi connectivity index (χ1v) is 8.36. The van der Waals surface area contributed by atoms with E-state index in [1.165, 1.54) is 12.1 Å². The van der Waals surface area contributed by atoms with Gasteiger partial charge in [-0.15, -0.1) is 0 Å². The van der Waals surface area contributed by atoms with Crippen LogP contribution in [-0.4, -0.2) is 36.5 Å². The van der Waals surface area contributed by atoms with Crippen molar-refractivity contribution >= 4 is 5.91 Å². The molecule has 0 aromatic heterocycles. The van der Waals surface area contributed by atoms with Crippen molar-refractivity contribution in [2.45, 2.75) is 45.8 Å². The summed E-state index contributed by atoms with van der Waals surface area (Å²) in [6.45, 7) is 7.38. The van der Waals surface area contributed by atoms with Gasteiger partial charge in [0.2, 0.25) is 5.91 Å². The van der Waals surface area contributed by atoms with Gasteiger partial charge in [0.15, 0.2) is 0 Å². The minimum Gasteiger partial charge on any atom is -0.367 e. The Kier molecular flexibility index (Phi) is 5.76. The summed E-state index contributed by atoms with van der Waals surface area (Å²) in [4.78, 5) is 14.9. The third-order valence-electron chi connectivity index (χ3n) is 4.99. The monoisotopic (exact) mass is 322 g/mol. The van der Waals surface area contributed by atoms with Gasteiger partial charge >= 0.3 is 0 Å². The third-order valence-corrected chi connectivity index (χ3v) is 4.99. The van der Waals surface area contributed by atoms with Crippen molar-refractivity contribution in [2.75, 3.05) is 19.6 Å². The number of morpholine rings is 1. The zero-order valence-electron chi connectivity index (χ0n) is 14.2. The number of benzene rings is 1. The molecule has 0 aliphatic carbocycles. The van der Waals surface area contributed by atoms with E-state index in [0.717, 1.165) is 18.4 Å². The number of ether oxygens (including phenoxy) is 1. The van der Waals surface area contributed by atoms with Gasteiger partial charge in [-0.05, 0) is 37.5 Å². The van der Waals surface area contributed by atoms with Gasteiger partial charge in [0, 0.05) is 13.1 Å². The summed E-state index contributed by atoms with van der Waals surface area (Å²) < 4.78 is 19.1. The lowest BCUT2D eigenvalue weighted by atomic mass is 9.80. The van der Waals surface area contributed by atoms with E-state index in [1.54, 1.807) is 12.1 Å². The standard InChI is InChI=1S/C18H27FN2O2/c1-4-18(5-2,12-20)17(22)21-10-13(3)23-16(11-21)14-6-8-15(19)9-7-14/h6-9,13,16H,4-5,10-12,20H2,1-3H3. The Hall–Kier alpha value is -1.46. The Morgan fingerprint density at radius 2 is 1.91 bits per heavy atom. The molecule has 1 aliphatic rings. The second-order valence-corrected chi connectivity index (χ2v) is 6.39. The molecule has 128 valence electrons. The second kappa shape index (κ2) is 7.41. The van der Waals surface area contributed by atoms with Gasteiger partial charge in [-0.3, -0.25) is 4.79 Å². The molecule has 2 N–H and O–H groups in total. The van der Waals surface area contributed by atoms with Crippen molar-refractivity contribution in [2.24, 2.45) is 11.1 Å². The molecule has 0 radical (unpaired) electrons. The fraction of sp³-hybridized carbons (Fsp3) is 0.611. The maximum atomic E-state index is 13.1. The summed E-state index contributed by atoms with van der Waals surface area (Å²) in [6, 6.07) is 6.28. The van der Waals surface area contributed by atoms with E-state index in [9.17, 15) is 9.18 Å². The minimum absolute atomic E-state index is 0.0630. The molecule has 2 atom stereocenters. The van der Waals surface area contributed by atoms with Crippen molar-refractivity contribution in [1.29, 1.82) is 0 Å². The number of nitrogens with two attached hydrogens (primary N) is 1. The van der Waals surface area contributed by atoms with Gasteiger partial charge in [0.25, 0.3) is 0 Å². The number of hydrogen-bond donors (Lipinski definition) is 1. The fourth-order valence-electron chi connectivity index (χ4n) is 3.24. The molecular formula is C18H27FN2O2. The summed E-state index contributed by atoms with van der Waals surface area (Å²) in [7, 11) is 0. The van der Waals surface area contributed by atoms with Crippen LogP contribution < -0.4 is 5.73 Å². The molecule has 1 aromatic carbocycles. The normalized spacial score (nSPS) is 22.2. The summed E-state index contributed by atoms with van der Waals surface area (Å²) in [5.74, 6) is -0.170. The molecule has 1 aromatic rings. The summed E-state index contributed by atoms with van der Waals surface area (Å²) in [6.07, 6.45) is 1.16. The average molecular weight is 322 g/mol. The number of carbonyl (C=O) groups excluding carboxylic acids is 1. The van der Waals surface area contributed by atoms with Crippen LogP contribution in [0.4, 0.5) is 4.39 Å². The number of amides is 1. The SMILES string of the molecule is CCC(CC)(CN)C(=O)N1CC(C)OC(c2ccc(F)cc2)C1. The van der Waals surface area contributed by atoms with Crippen molar-refractivity contribution in [3.8, 4) is 0 Å². The zero-order valence-corrected chi connectivity index (χ0v) is 14.2. The molecular weight excluding hydrogens is 295 g/mol. The maximum Gasteiger partial charge on any atom is 0.230 e. The van der Waals surface area contributed by atoms with Crippen LogP contribution in [-0.2, 0) is 9.53 Å². The molecule has 1 heterocycles. The van der Waals surface area contributed by atoms with E-state index in [0.29, 0.717) is 19.6 Å². The van der Waals surface area contributed by atoms with E-state index >= 15 is 0 Å². The molecule has 1 fully saturated rings. The van der Waals surface area contributed by atoms with E-state index in [-0.39, 0.29) is 23.9 Å². The van der Waals surface area contributed by atoms with Gasteiger partial charge in [0.05, 0.1) is 18.1 Å². The van der Waals surface area contributed by atoms with Crippen LogP contribution in [0.5, 0.6) is 0 Å². The Balaban J connectivity index is 2.20. The highest BCUT2D eigenvalue weighted by Crippen LogP contribution is 2.32. The predicted octanol–water partition coefficient (Wildman–Crippen LogP) is 2.88. The lowest BCUT2D eigenvalue weighted by Gasteiger charge is -2.42. The van der Waals surface area contributed by atoms with Gasteiger partial charge in [-0.2, -0.15) is 0 Å². The topological polar surface area (TPSA) is 55.6 Å². The van der Waals surface area contributed by atoms with Crippen LogP contribution in [0, 0.1) is 11.2 Å². The Bertz CT molecular complexity index is 520. The molecule has 5 heteroatoms. The van der Waals surface area contributed by atoms with E-state index < -0.39 is 5.41 Å². The first kappa shape index (κ1) is 17.9. The quantitative estimate of drug-likeness (QED) is 0.907. The summed E-state index contributed by atoms with van der Waals surface area (Å²) >= 11 is 0. The van der Waals surface area contributed by atoms with Crippen molar-refractivity contribution in [3.63, 3.8) is 0 Å². The number of hydrogen-bond acceptors (Lipinski definition) is 3. The van der Waals surface area contributed by atoms with Crippen molar-refractivity contribution < 1.29 is 13.9 Å². The second-order valence-electron chi connectivity index (χ2n) is 6.39. The Morgan fingerprint density at radius 1 is 1.30 bits per heavy atom. The molecule has 23 heavy (non-hydrogen) atoms. The maximum absolute atomic E-state index is 13.1. The van der Waals surface area contributed by atoms with Gasteiger partial charge < -0.3 is 15.4 Å². The number of nitrogens with zero attached hydrogens (tertiary/aromatic N) is 1. The highest BCUT2D eigenvalue weighted by Gasteiger charge is 2.40. The molecule has 0 spiro atoms. The Morgan fingerprint density at radius 3 is 2.43 bits per heavy atom.